The predicted molar refractivity (Wildman–Crippen MR) is 86.2 cm³/mol. The maximum absolute atomic E-state index is 10.4. The first kappa shape index (κ1) is 15.9. The molecule has 2 N–H and O–H groups in total. The Balaban J connectivity index is 2.00. The van der Waals surface area contributed by atoms with E-state index in [1.807, 2.05) is 0 Å². The summed E-state index contributed by atoms with van der Waals surface area (Å²) in [6, 6.07) is 8.52. The molecule has 0 radical (unpaired) electrons. The van der Waals surface area contributed by atoms with Crippen LogP contribution < -0.4 is 5.32 Å². The molecule has 0 fully saturated rings. The van der Waals surface area contributed by atoms with Gasteiger partial charge in [-0.1, -0.05) is 44.7 Å². The van der Waals surface area contributed by atoms with Gasteiger partial charge in [0.15, 0.2) is 0 Å². The van der Waals surface area contributed by atoms with Crippen LogP contribution in [0.2, 0.25) is 0 Å². The molecule has 0 aliphatic carbocycles. The van der Waals surface area contributed by atoms with Crippen LogP contribution in [0.25, 0.3) is 0 Å². The van der Waals surface area contributed by atoms with E-state index in [1.54, 1.807) is 18.0 Å². The van der Waals surface area contributed by atoms with Crippen molar-refractivity contribution in [1.29, 1.82) is 0 Å². The minimum Gasteiger partial charge on any atom is -0.465 e. The normalized spacial score (nSPS) is 11.4. The highest BCUT2D eigenvalue weighted by Crippen LogP contribution is 2.33. The van der Waals surface area contributed by atoms with Crippen LogP contribution in [-0.2, 0) is 12.0 Å². The van der Waals surface area contributed by atoms with Gasteiger partial charge in [0.05, 0.1) is 17.0 Å². The van der Waals surface area contributed by atoms with E-state index >= 15 is 0 Å². The Morgan fingerprint density at radius 3 is 2.57 bits per heavy atom. The van der Waals surface area contributed by atoms with E-state index in [0.29, 0.717) is 0 Å². The Morgan fingerprint density at radius 1 is 1.33 bits per heavy atom. The number of carbonyl (C=O) groups is 1. The number of aromatic nitrogens is 1. The third-order valence-corrected chi connectivity index (χ3v) is 4.97. The Hall–Kier alpha value is -1.53. The van der Waals surface area contributed by atoms with Crippen LogP contribution in [0.1, 0.15) is 31.3 Å². The van der Waals surface area contributed by atoms with Gasteiger partial charge in [-0.2, -0.15) is 0 Å². The van der Waals surface area contributed by atoms with Crippen molar-refractivity contribution in [1.82, 2.24) is 10.3 Å². The van der Waals surface area contributed by atoms with Gasteiger partial charge in [-0.15, -0.1) is 11.3 Å². The van der Waals surface area contributed by atoms with Gasteiger partial charge in [-0.25, -0.2) is 9.78 Å². The molecule has 1 amide bonds. The Kier molecular flexibility index (Phi) is 4.90. The van der Waals surface area contributed by atoms with Crippen molar-refractivity contribution in [2.75, 3.05) is 0 Å². The van der Waals surface area contributed by atoms with Crippen LogP contribution in [-0.4, -0.2) is 16.2 Å². The summed E-state index contributed by atoms with van der Waals surface area (Å²) in [5.74, 6) is 0. The van der Waals surface area contributed by atoms with E-state index in [-0.39, 0.29) is 12.0 Å². The topological polar surface area (TPSA) is 62.2 Å². The molecule has 0 unspecified atom stereocenters. The zero-order valence-corrected chi connectivity index (χ0v) is 13.8. The van der Waals surface area contributed by atoms with Gasteiger partial charge < -0.3 is 10.4 Å². The van der Waals surface area contributed by atoms with E-state index in [9.17, 15) is 4.79 Å². The quantitative estimate of drug-likeness (QED) is 0.878. The summed E-state index contributed by atoms with van der Waals surface area (Å²) in [5, 5.41) is 11.7. The molecule has 1 aromatic carbocycles. The molecule has 1 heterocycles. The first-order valence-electron chi connectivity index (χ1n) is 6.54. The molecule has 0 aliphatic heterocycles. The predicted octanol–water partition coefficient (Wildman–Crippen LogP) is 4.36. The van der Waals surface area contributed by atoms with Gasteiger partial charge in [0.1, 0.15) is 5.01 Å². The standard InChI is InChI=1S/C15H18N2O2S2/c1-15(2,3)10-4-6-11(7-5-10)20-13-9-16-12(21-13)8-17-14(18)19/h4-7,9,17H,8H2,1-3H3,(H,18,19). The lowest BCUT2D eigenvalue weighted by atomic mass is 9.87. The molecule has 4 nitrogen and oxygen atoms in total. The largest absolute Gasteiger partial charge is 0.465 e. The first-order valence-corrected chi connectivity index (χ1v) is 8.18. The lowest BCUT2D eigenvalue weighted by Gasteiger charge is -2.18. The van der Waals surface area contributed by atoms with Crippen LogP contribution in [0.5, 0.6) is 0 Å². The molecular formula is C15H18N2O2S2. The van der Waals surface area contributed by atoms with E-state index in [4.69, 9.17) is 5.11 Å². The van der Waals surface area contributed by atoms with Crippen molar-refractivity contribution in [2.45, 2.75) is 41.8 Å². The molecule has 21 heavy (non-hydrogen) atoms. The third-order valence-electron chi connectivity index (χ3n) is 2.86. The smallest absolute Gasteiger partial charge is 0.405 e. The summed E-state index contributed by atoms with van der Waals surface area (Å²) < 4.78 is 1.06. The average molecular weight is 322 g/mol. The molecule has 112 valence electrons. The van der Waals surface area contributed by atoms with Crippen LogP contribution >= 0.6 is 23.1 Å². The molecule has 2 rings (SSSR count). The number of nitrogens with zero attached hydrogens (tertiary/aromatic N) is 1. The van der Waals surface area contributed by atoms with Gasteiger partial charge in [0, 0.05) is 4.90 Å². The first-order chi connectivity index (χ1) is 9.84. The van der Waals surface area contributed by atoms with Crippen molar-refractivity contribution < 1.29 is 9.90 Å². The highest BCUT2D eigenvalue weighted by Gasteiger charge is 2.13. The number of thiazole rings is 1. The van der Waals surface area contributed by atoms with Crippen molar-refractivity contribution in [3.63, 3.8) is 0 Å². The van der Waals surface area contributed by atoms with E-state index < -0.39 is 6.09 Å². The van der Waals surface area contributed by atoms with Gasteiger partial charge in [0.25, 0.3) is 0 Å². The second-order valence-electron chi connectivity index (χ2n) is 5.61. The summed E-state index contributed by atoms with van der Waals surface area (Å²) in [5.41, 5.74) is 1.46. The summed E-state index contributed by atoms with van der Waals surface area (Å²) in [6.45, 7) is 6.84. The minimum atomic E-state index is -1.03. The van der Waals surface area contributed by atoms with Gasteiger partial charge in [0.2, 0.25) is 0 Å². The second kappa shape index (κ2) is 6.49. The fourth-order valence-corrected chi connectivity index (χ4v) is 3.65. The van der Waals surface area contributed by atoms with E-state index in [2.05, 4.69) is 55.3 Å². The van der Waals surface area contributed by atoms with Gasteiger partial charge >= 0.3 is 6.09 Å². The summed E-state index contributed by atoms with van der Waals surface area (Å²) in [4.78, 5) is 15.8. The summed E-state index contributed by atoms with van der Waals surface area (Å²) in [7, 11) is 0. The molecule has 0 saturated carbocycles. The monoisotopic (exact) mass is 322 g/mol. The zero-order chi connectivity index (χ0) is 15.5. The molecule has 1 aromatic heterocycles. The lowest BCUT2D eigenvalue weighted by Crippen LogP contribution is -2.19. The molecule has 0 atom stereocenters. The van der Waals surface area contributed by atoms with Crippen LogP contribution in [0.15, 0.2) is 39.6 Å². The van der Waals surface area contributed by atoms with Gasteiger partial charge in [-0.3, -0.25) is 0 Å². The number of hydrogen-bond acceptors (Lipinski definition) is 4. The van der Waals surface area contributed by atoms with Gasteiger partial charge in [-0.05, 0) is 23.1 Å². The zero-order valence-electron chi connectivity index (χ0n) is 12.2. The Labute approximate surface area is 132 Å². The number of amides is 1. The SMILES string of the molecule is CC(C)(C)c1ccc(Sc2cnc(CNC(=O)O)s2)cc1. The van der Waals surface area contributed by atoms with Crippen molar-refractivity contribution in [3.8, 4) is 0 Å². The van der Waals surface area contributed by atoms with Crippen molar-refractivity contribution in [2.24, 2.45) is 0 Å². The molecule has 0 spiro atoms. The minimum absolute atomic E-state index is 0.156. The Bertz CT molecular complexity index is 615. The molecule has 0 aliphatic rings. The molecule has 6 heteroatoms. The molecule has 0 bridgehead atoms. The lowest BCUT2D eigenvalue weighted by molar-refractivity contribution is 0.194. The average Bonchev–Trinajstić information content (AvgIpc) is 2.83. The number of rotatable bonds is 4. The number of benzene rings is 1. The summed E-state index contributed by atoms with van der Waals surface area (Å²) >= 11 is 3.15. The third kappa shape index (κ3) is 4.75. The maximum Gasteiger partial charge on any atom is 0.405 e. The highest BCUT2D eigenvalue weighted by atomic mass is 32.2. The highest BCUT2D eigenvalue weighted by molar-refractivity contribution is 8.01. The van der Waals surface area contributed by atoms with Crippen molar-refractivity contribution in [3.05, 3.63) is 41.0 Å². The van der Waals surface area contributed by atoms with E-state index in [0.717, 1.165) is 14.1 Å². The van der Waals surface area contributed by atoms with E-state index in [1.165, 1.54) is 16.9 Å². The second-order valence-corrected chi connectivity index (χ2v) is 8.10. The number of hydrogen-bond donors (Lipinski definition) is 2. The van der Waals surface area contributed by atoms with Crippen LogP contribution in [0.4, 0.5) is 4.79 Å². The molecule has 2 aromatic rings. The van der Waals surface area contributed by atoms with Crippen LogP contribution in [0.3, 0.4) is 0 Å². The number of nitrogens with one attached hydrogen (secondary N) is 1. The number of carboxylic acid groups (broad SMARTS) is 1. The fourth-order valence-electron chi connectivity index (χ4n) is 1.71. The summed E-state index contributed by atoms with van der Waals surface area (Å²) in [6.07, 6.45) is 0.753. The van der Waals surface area contributed by atoms with Crippen molar-refractivity contribution >= 4 is 29.2 Å². The fraction of sp³-hybridized carbons (Fsp3) is 0.333. The molecular weight excluding hydrogens is 304 g/mol. The van der Waals surface area contributed by atoms with Crippen LogP contribution in [0, 0.1) is 0 Å². The Morgan fingerprint density at radius 2 is 2.00 bits per heavy atom. The maximum atomic E-state index is 10.4. The molecule has 0 saturated heterocycles.